The smallest absolute Gasteiger partial charge is 0.341 e. The van der Waals surface area contributed by atoms with Gasteiger partial charge in [-0.2, -0.15) is 0 Å². The van der Waals surface area contributed by atoms with Gasteiger partial charge in [0.1, 0.15) is 18.6 Å². The second-order valence-corrected chi connectivity index (χ2v) is 17.8. The van der Waals surface area contributed by atoms with Crippen LogP contribution in [0.5, 0.6) is 0 Å². The lowest BCUT2D eigenvalue weighted by Gasteiger charge is -2.39. The van der Waals surface area contributed by atoms with Crippen LogP contribution in [0.1, 0.15) is 61.3 Å². The van der Waals surface area contributed by atoms with Crippen LogP contribution >= 0.6 is 7.60 Å². The van der Waals surface area contributed by atoms with E-state index < -0.39 is 34.1 Å². The quantitative estimate of drug-likeness (QED) is 0.0389. The van der Waals surface area contributed by atoms with Gasteiger partial charge < -0.3 is 23.0 Å². The van der Waals surface area contributed by atoms with Crippen LogP contribution in [0.25, 0.3) is 0 Å². The molecule has 0 heterocycles. The monoisotopic (exact) mass is 544 g/mol. The Hall–Kier alpha value is -1.31. The standard InChI is InChI=1S/C27H49O7PSi/c1-21(17-15-13-12-14-16-18-28)26(33-25(29)20-35(30,31-8)32-9)23(3)19-22(2)24(4)34-36(10,11)27(5,6)7/h12-13,15,17-19,21-22,24,26H,14,16,20H2,1-11H3/b13-12+,17-15-,23-19+/t21-,22-,24+,26+/m0/s1. The molecule has 0 saturated carbocycles. The molecule has 0 aromatic carbocycles. The average Bonchev–Trinajstić information content (AvgIpc) is 2.78. The summed E-state index contributed by atoms with van der Waals surface area (Å²) in [6.45, 7) is 19.2. The summed E-state index contributed by atoms with van der Waals surface area (Å²) in [4.78, 5) is 23.2. The van der Waals surface area contributed by atoms with Gasteiger partial charge in [-0.05, 0) is 49.9 Å². The first-order valence-electron chi connectivity index (χ1n) is 12.6. The molecule has 36 heavy (non-hydrogen) atoms. The minimum atomic E-state index is -3.54. The lowest BCUT2D eigenvalue weighted by atomic mass is 9.93. The van der Waals surface area contributed by atoms with Gasteiger partial charge in [-0.25, -0.2) is 0 Å². The third kappa shape index (κ3) is 12.3. The summed E-state index contributed by atoms with van der Waals surface area (Å²) in [5.41, 5.74) is 0.883. The van der Waals surface area contributed by atoms with Gasteiger partial charge in [0, 0.05) is 32.7 Å². The summed E-state index contributed by atoms with van der Waals surface area (Å²) in [5.74, 6) is -0.724. The second kappa shape index (κ2) is 15.8. The maximum atomic E-state index is 12.7. The maximum absolute atomic E-state index is 12.7. The summed E-state index contributed by atoms with van der Waals surface area (Å²) in [7, 11) is -2.99. The molecule has 0 radical (unpaired) electrons. The van der Waals surface area contributed by atoms with Crippen LogP contribution in [0.2, 0.25) is 18.1 Å². The first kappa shape index (κ1) is 34.7. The first-order valence-corrected chi connectivity index (χ1v) is 17.2. The Balaban J connectivity index is 5.79. The average molecular weight is 545 g/mol. The number of carbonyl (C=O) groups is 2. The second-order valence-electron chi connectivity index (χ2n) is 10.8. The van der Waals surface area contributed by atoms with Crippen molar-refractivity contribution in [3.8, 4) is 0 Å². The number of hydrogen-bond acceptors (Lipinski definition) is 7. The molecule has 0 aromatic heterocycles. The number of esters is 1. The number of hydrogen-bond donors (Lipinski definition) is 0. The predicted molar refractivity (Wildman–Crippen MR) is 150 cm³/mol. The molecule has 0 rings (SSSR count). The highest BCUT2D eigenvalue weighted by Gasteiger charge is 2.39. The Morgan fingerprint density at radius 2 is 1.58 bits per heavy atom. The van der Waals surface area contributed by atoms with E-state index in [1.54, 1.807) is 0 Å². The van der Waals surface area contributed by atoms with Crippen molar-refractivity contribution in [1.82, 2.24) is 0 Å². The molecule has 0 aliphatic carbocycles. The molecule has 0 aliphatic heterocycles. The van der Waals surface area contributed by atoms with Gasteiger partial charge in [-0.1, -0.05) is 65.0 Å². The topological polar surface area (TPSA) is 88.1 Å². The van der Waals surface area contributed by atoms with E-state index in [0.29, 0.717) is 12.8 Å². The number of aldehydes is 1. The molecule has 4 atom stereocenters. The highest BCUT2D eigenvalue weighted by molar-refractivity contribution is 7.54. The van der Waals surface area contributed by atoms with Crippen molar-refractivity contribution in [3.63, 3.8) is 0 Å². The molecular weight excluding hydrogens is 495 g/mol. The van der Waals surface area contributed by atoms with Gasteiger partial charge in [0.25, 0.3) is 0 Å². The molecule has 0 aromatic rings. The van der Waals surface area contributed by atoms with Crippen molar-refractivity contribution in [2.24, 2.45) is 11.8 Å². The van der Waals surface area contributed by atoms with Crippen LogP contribution in [0.4, 0.5) is 0 Å². The number of allylic oxidation sites excluding steroid dienone is 3. The molecule has 0 fully saturated rings. The zero-order valence-electron chi connectivity index (χ0n) is 24.2. The van der Waals surface area contributed by atoms with Crippen molar-refractivity contribution in [2.45, 2.75) is 91.6 Å². The van der Waals surface area contributed by atoms with Crippen molar-refractivity contribution >= 4 is 28.2 Å². The van der Waals surface area contributed by atoms with Gasteiger partial charge in [0.05, 0.1) is 0 Å². The van der Waals surface area contributed by atoms with E-state index in [2.05, 4.69) is 53.8 Å². The van der Waals surface area contributed by atoms with Crippen molar-refractivity contribution in [3.05, 3.63) is 36.0 Å². The van der Waals surface area contributed by atoms with Crippen LogP contribution in [-0.4, -0.2) is 53.2 Å². The third-order valence-electron chi connectivity index (χ3n) is 6.73. The fourth-order valence-corrected chi connectivity index (χ4v) is 5.52. The normalized spacial score (nSPS) is 17.2. The largest absolute Gasteiger partial charge is 0.457 e. The van der Waals surface area contributed by atoms with Gasteiger partial charge in [0.15, 0.2) is 8.32 Å². The molecule has 0 amide bonds. The summed E-state index contributed by atoms with van der Waals surface area (Å²) < 4.78 is 34.6. The number of rotatable bonds is 16. The molecular formula is C27H49O7PSi. The number of carbonyl (C=O) groups excluding carboxylic acids is 2. The van der Waals surface area contributed by atoms with Crippen LogP contribution in [0.15, 0.2) is 36.0 Å². The fraction of sp³-hybridized carbons (Fsp3) is 0.704. The highest BCUT2D eigenvalue weighted by Crippen LogP contribution is 2.46. The molecule has 0 N–H and O–H groups in total. The zero-order valence-corrected chi connectivity index (χ0v) is 26.1. The SMILES string of the molecule is COP(=O)(CC(=O)O[C@@H](/C(C)=C/[C@H](C)[C@@H](C)O[Si](C)(C)C(C)(C)C)[C@@H](C)/C=C\C=C\CCC=O)OC. The van der Waals surface area contributed by atoms with E-state index >= 15 is 0 Å². The maximum Gasteiger partial charge on any atom is 0.341 e. The van der Waals surface area contributed by atoms with E-state index in [-0.39, 0.29) is 23.0 Å². The Bertz CT molecular complexity index is 818. The first-order chi connectivity index (χ1) is 16.5. The van der Waals surface area contributed by atoms with E-state index in [1.165, 1.54) is 14.2 Å². The summed E-state index contributed by atoms with van der Waals surface area (Å²) in [5, 5.41) is 0.104. The molecule has 9 heteroatoms. The molecule has 208 valence electrons. The van der Waals surface area contributed by atoms with Gasteiger partial charge >= 0.3 is 13.6 Å². The van der Waals surface area contributed by atoms with Crippen LogP contribution in [0.3, 0.4) is 0 Å². The van der Waals surface area contributed by atoms with Gasteiger partial charge in [0.2, 0.25) is 0 Å². The predicted octanol–water partition coefficient (Wildman–Crippen LogP) is 7.10. The van der Waals surface area contributed by atoms with E-state index in [1.807, 2.05) is 38.2 Å². The third-order valence-corrected chi connectivity index (χ3v) is 13.1. The fourth-order valence-electron chi connectivity index (χ4n) is 3.23. The molecule has 0 spiro atoms. The highest BCUT2D eigenvalue weighted by atomic mass is 31.2. The number of ether oxygens (including phenoxy) is 1. The van der Waals surface area contributed by atoms with Crippen LogP contribution < -0.4 is 0 Å². The molecule has 0 saturated heterocycles. The molecule has 0 bridgehead atoms. The Labute approximate surface area is 220 Å². The van der Waals surface area contributed by atoms with Gasteiger partial charge in [-0.15, -0.1) is 0 Å². The molecule has 0 aliphatic rings. The molecule has 0 unspecified atom stereocenters. The minimum absolute atomic E-state index is 0.00834. The zero-order chi connectivity index (χ0) is 28.2. The van der Waals surface area contributed by atoms with E-state index in [0.717, 1.165) is 11.9 Å². The summed E-state index contributed by atoms with van der Waals surface area (Å²) in [6.07, 6.45) is 10.7. The van der Waals surface area contributed by atoms with E-state index in [4.69, 9.17) is 18.2 Å². The van der Waals surface area contributed by atoms with Gasteiger partial charge in [-0.3, -0.25) is 9.36 Å². The van der Waals surface area contributed by atoms with Crippen LogP contribution in [0, 0.1) is 11.8 Å². The van der Waals surface area contributed by atoms with Crippen molar-refractivity contribution in [1.29, 1.82) is 0 Å². The van der Waals surface area contributed by atoms with E-state index in [9.17, 15) is 14.2 Å². The Morgan fingerprint density at radius 1 is 1.00 bits per heavy atom. The van der Waals surface area contributed by atoms with Crippen molar-refractivity contribution in [2.75, 3.05) is 20.4 Å². The van der Waals surface area contributed by atoms with Crippen LogP contribution in [-0.2, 0) is 32.4 Å². The Morgan fingerprint density at radius 3 is 2.08 bits per heavy atom. The Kier molecular flexibility index (Phi) is 15.3. The number of unbranched alkanes of at least 4 members (excludes halogenated alkanes) is 1. The molecule has 7 nitrogen and oxygen atoms in total. The summed E-state index contributed by atoms with van der Waals surface area (Å²) in [6, 6.07) is 0. The van der Waals surface area contributed by atoms with Crippen molar-refractivity contribution < 1.29 is 32.4 Å². The minimum Gasteiger partial charge on any atom is -0.457 e. The lowest BCUT2D eigenvalue weighted by Crippen LogP contribution is -2.44. The lowest BCUT2D eigenvalue weighted by molar-refractivity contribution is -0.145. The summed E-state index contributed by atoms with van der Waals surface area (Å²) >= 11 is 0.